The fourth-order valence-electron chi connectivity index (χ4n) is 1.18. The molecule has 0 saturated carbocycles. The Balaban J connectivity index is 2.47. The Bertz CT molecular complexity index is 494. The van der Waals surface area contributed by atoms with Gasteiger partial charge in [-0.1, -0.05) is 6.07 Å². The lowest BCUT2D eigenvalue weighted by atomic mass is 10.2. The van der Waals surface area contributed by atoms with Gasteiger partial charge in [0, 0.05) is 12.4 Å². The van der Waals surface area contributed by atoms with Gasteiger partial charge in [0.1, 0.15) is 0 Å². The van der Waals surface area contributed by atoms with Gasteiger partial charge in [-0.15, -0.1) is 0 Å². The molecule has 1 aromatic heterocycles. The van der Waals surface area contributed by atoms with Crippen molar-refractivity contribution in [3.8, 4) is 0 Å². The van der Waals surface area contributed by atoms with Crippen molar-refractivity contribution in [3.05, 3.63) is 53.9 Å². The Hall–Kier alpha value is -2.04. The number of carbonyl (C=O) groups is 1. The first kappa shape index (κ1) is 9.51. The van der Waals surface area contributed by atoms with Crippen LogP contribution >= 0.6 is 0 Å². The molecule has 0 spiro atoms. The molecule has 0 N–H and O–H groups in total. The Morgan fingerprint density at radius 1 is 1.27 bits per heavy atom. The zero-order chi connectivity index (χ0) is 10.8. The maximum Gasteiger partial charge on any atom is 0.281 e. The Kier molecular flexibility index (Phi) is 2.29. The van der Waals surface area contributed by atoms with E-state index < -0.39 is 17.5 Å². The maximum atomic E-state index is 13.2. The summed E-state index contributed by atoms with van der Waals surface area (Å²) in [5.74, 6) is -2.90. The second kappa shape index (κ2) is 3.61. The lowest BCUT2D eigenvalue weighted by Gasteiger charge is -2.02. The molecule has 1 aromatic carbocycles. The fraction of sp³-hybridized carbons (Fsp3) is 0. The minimum absolute atomic E-state index is 0.335. The third-order valence-electron chi connectivity index (χ3n) is 1.89. The number of halogens is 2. The summed E-state index contributed by atoms with van der Waals surface area (Å²) in [5, 5.41) is 3.64. The molecule has 3 nitrogen and oxygen atoms in total. The third kappa shape index (κ3) is 1.63. The highest BCUT2D eigenvalue weighted by Gasteiger charge is 2.16. The molecule has 0 fully saturated rings. The topological polar surface area (TPSA) is 34.9 Å². The quantitative estimate of drug-likeness (QED) is 0.716. The molecule has 1 heterocycles. The van der Waals surface area contributed by atoms with Crippen molar-refractivity contribution in [1.29, 1.82) is 0 Å². The van der Waals surface area contributed by atoms with E-state index in [0.717, 1.165) is 10.7 Å². The molecule has 0 atom stereocenters. The lowest BCUT2D eigenvalue weighted by molar-refractivity contribution is 0.0940. The number of carbonyl (C=O) groups excluding carboxylic acids is 1. The van der Waals surface area contributed by atoms with Crippen LogP contribution in [0.15, 0.2) is 36.7 Å². The van der Waals surface area contributed by atoms with Gasteiger partial charge in [0.05, 0.1) is 5.56 Å². The minimum atomic E-state index is -1.15. The summed E-state index contributed by atoms with van der Waals surface area (Å²) in [6.45, 7) is 0. The molecule has 0 aliphatic rings. The van der Waals surface area contributed by atoms with E-state index in [1.807, 2.05) is 0 Å². The highest BCUT2D eigenvalue weighted by atomic mass is 19.2. The highest BCUT2D eigenvalue weighted by molar-refractivity contribution is 5.95. The van der Waals surface area contributed by atoms with Crippen molar-refractivity contribution < 1.29 is 13.6 Å². The molecule has 0 saturated heterocycles. The summed E-state index contributed by atoms with van der Waals surface area (Å²) in [6.07, 6.45) is 2.75. The lowest BCUT2D eigenvalue weighted by Crippen LogP contribution is -2.14. The van der Waals surface area contributed by atoms with Crippen LogP contribution in [0.3, 0.4) is 0 Å². The van der Waals surface area contributed by atoms with Gasteiger partial charge < -0.3 is 0 Å². The van der Waals surface area contributed by atoms with Crippen molar-refractivity contribution in [2.45, 2.75) is 0 Å². The van der Waals surface area contributed by atoms with Crippen LogP contribution < -0.4 is 0 Å². The predicted molar refractivity (Wildman–Crippen MR) is 48.3 cm³/mol. The van der Waals surface area contributed by atoms with Crippen LogP contribution in [-0.4, -0.2) is 15.7 Å². The molecule has 0 bridgehead atoms. The van der Waals surface area contributed by atoms with Gasteiger partial charge in [-0.2, -0.15) is 5.10 Å². The molecule has 5 heteroatoms. The van der Waals surface area contributed by atoms with Crippen molar-refractivity contribution in [2.24, 2.45) is 0 Å². The van der Waals surface area contributed by atoms with Crippen LogP contribution in [0.4, 0.5) is 8.78 Å². The molecule has 0 unspecified atom stereocenters. The van der Waals surface area contributed by atoms with Crippen molar-refractivity contribution in [3.63, 3.8) is 0 Å². The van der Waals surface area contributed by atoms with Crippen LogP contribution in [0.1, 0.15) is 10.4 Å². The molecule has 0 aliphatic carbocycles. The van der Waals surface area contributed by atoms with Gasteiger partial charge in [0.2, 0.25) is 0 Å². The fourth-order valence-corrected chi connectivity index (χ4v) is 1.18. The first-order valence-corrected chi connectivity index (χ1v) is 4.18. The Morgan fingerprint density at radius 2 is 2.07 bits per heavy atom. The van der Waals surface area contributed by atoms with E-state index in [-0.39, 0.29) is 5.56 Å². The number of nitrogens with zero attached hydrogens (tertiary/aromatic N) is 2. The van der Waals surface area contributed by atoms with Crippen LogP contribution in [0, 0.1) is 11.6 Å². The minimum Gasteiger partial charge on any atom is -0.267 e. The van der Waals surface area contributed by atoms with Crippen LogP contribution in [-0.2, 0) is 0 Å². The number of hydrogen-bond acceptors (Lipinski definition) is 2. The van der Waals surface area contributed by atoms with Gasteiger partial charge in [0.25, 0.3) is 5.91 Å². The zero-order valence-electron chi connectivity index (χ0n) is 7.52. The summed E-state index contributed by atoms with van der Waals surface area (Å²) in [6, 6.07) is 4.96. The average Bonchev–Trinajstić information content (AvgIpc) is 2.74. The van der Waals surface area contributed by atoms with E-state index in [1.54, 1.807) is 0 Å². The third-order valence-corrected chi connectivity index (χ3v) is 1.89. The van der Waals surface area contributed by atoms with Crippen molar-refractivity contribution in [1.82, 2.24) is 9.78 Å². The second-order valence-electron chi connectivity index (χ2n) is 2.86. The van der Waals surface area contributed by atoms with Crippen LogP contribution in [0.5, 0.6) is 0 Å². The molecule has 0 amide bonds. The van der Waals surface area contributed by atoms with Gasteiger partial charge in [-0.25, -0.2) is 13.5 Å². The van der Waals surface area contributed by atoms with E-state index in [1.165, 1.54) is 30.6 Å². The summed E-state index contributed by atoms with van der Waals surface area (Å²) in [4.78, 5) is 11.6. The molecular weight excluding hydrogens is 202 g/mol. The Labute approximate surface area is 84.0 Å². The van der Waals surface area contributed by atoms with E-state index in [4.69, 9.17) is 0 Å². The molecule has 76 valence electrons. The van der Waals surface area contributed by atoms with E-state index in [2.05, 4.69) is 5.10 Å². The first-order chi connectivity index (χ1) is 7.20. The number of aromatic nitrogens is 2. The van der Waals surface area contributed by atoms with Crippen molar-refractivity contribution in [2.75, 3.05) is 0 Å². The van der Waals surface area contributed by atoms with Gasteiger partial charge >= 0.3 is 0 Å². The SMILES string of the molecule is O=C(c1cccc(F)c1F)n1cccn1. The van der Waals surface area contributed by atoms with Crippen LogP contribution in [0.25, 0.3) is 0 Å². The van der Waals surface area contributed by atoms with Gasteiger partial charge in [0.15, 0.2) is 11.6 Å². The smallest absolute Gasteiger partial charge is 0.267 e. The van der Waals surface area contributed by atoms with Gasteiger partial charge in [-0.3, -0.25) is 4.79 Å². The maximum absolute atomic E-state index is 13.2. The van der Waals surface area contributed by atoms with E-state index >= 15 is 0 Å². The van der Waals surface area contributed by atoms with E-state index in [9.17, 15) is 13.6 Å². The number of benzene rings is 1. The Morgan fingerprint density at radius 3 is 2.73 bits per heavy atom. The van der Waals surface area contributed by atoms with Crippen LogP contribution in [0.2, 0.25) is 0 Å². The largest absolute Gasteiger partial charge is 0.281 e. The average molecular weight is 208 g/mol. The molecule has 0 aliphatic heterocycles. The normalized spacial score (nSPS) is 10.3. The summed E-state index contributed by atoms with van der Waals surface area (Å²) in [7, 11) is 0. The number of hydrogen-bond donors (Lipinski definition) is 0. The molecule has 15 heavy (non-hydrogen) atoms. The molecular formula is C10H6F2N2O. The predicted octanol–water partition coefficient (Wildman–Crippen LogP) is 1.85. The molecule has 0 radical (unpaired) electrons. The van der Waals surface area contributed by atoms with Gasteiger partial charge in [-0.05, 0) is 18.2 Å². The summed E-state index contributed by atoms with van der Waals surface area (Å²) < 4.78 is 27.0. The molecule has 2 aromatic rings. The van der Waals surface area contributed by atoms with E-state index in [0.29, 0.717) is 0 Å². The first-order valence-electron chi connectivity index (χ1n) is 4.18. The highest BCUT2D eigenvalue weighted by Crippen LogP contribution is 2.12. The van der Waals surface area contributed by atoms with Crippen molar-refractivity contribution >= 4 is 5.91 Å². The zero-order valence-corrected chi connectivity index (χ0v) is 7.52. The monoisotopic (exact) mass is 208 g/mol. The summed E-state index contributed by atoms with van der Waals surface area (Å²) >= 11 is 0. The standard InChI is InChI=1S/C10H6F2N2O/c11-8-4-1-3-7(9(8)12)10(15)14-6-2-5-13-14/h1-6H. The second-order valence-corrected chi connectivity index (χ2v) is 2.86. The molecule has 2 rings (SSSR count). The number of rotatable bonds is 1. The summed E-state index contributed by atoms with van der Waals surface area (Å²) in [5.41, 5.74) is -0.335.